The van der Waals surface area contributed by atoms with Crippen molar-refractivity contribution in [3.63, 3.8) is 0 Å². The Balaban J connectivity index is 1.70. The molecule has 122 valence electrons. The van der Waals surface area contributed by atoms with Crippen molar-refractivity contribution in [3.05, 3.63) is 23.8 Å². The Kier molecular flexibility index (Phi) is 4.43. The van der Waals surface area contributed by atoms with Gasteiger partial charge in [-0.05, 0) is 36.6 Å². The zero-order valence-corrected chi connectivity index (χ0v) is 13.6. The maximum atomic E-state index is 12.5. The summed E-state index contributed by atoms with van der Waals surface area (Å²) in [5.41, 5.74) is 6.93. The van der Waals surface area contributed by atoms with Gasteiger partial charge in [0.1, 0.15) is 5.75 Å². The zero-order chi connectivity index (χ0) is 15.6. The number of rotatable bonds is 4. The second kappa shape index (κ2) is 6.18. The molecule has 1 heterocycles. The van der Waals surface area contributed by atoms with Crippen LogP contribution in [0.4, 0.5) is 0 Å². The molecule has 0 spiro atoms. The highest BCUT2D eigenvalue weighted by atomic mass is 32.2. The van der Waals surface area contributed by atoms with E-state index in [0.29, 0.717) is 18.0 Å². The highest BCUT2D eigenvalue weighted by molar-refractivity contribution is 7.89. The Morgan fingerprint density at radius 2 is 1.91 bits per heavy atom. The number of benzene rings is 1. The molecule has 0 radical (unpaired) electrons. The third-order valence-corrected chi connectivity index (χ3v) is 6.08. The summed E-state index contributed by atoms with van der Waals surface area (Å²) in [5.74, 6) is 0.790. The van der Waals surface area contributed by atoms with Gasteiger partial charge in [-0.1, -0.05) is 25.7 Å². The minimum absolute atomic E-state index is 0.300. The molecule has 0 unspecified atom stereocenters. The summed E-state index contributed by atoms with van der Waals surface area (Å²) >= 11 is 0. The molecular formula is C16H24N2O3S. The van der Waals surface area contributed by atoms with Gasteiger partial charge in [-0.3, -0.25) is 0 Å². The van der Waals surface area contributed by atoms with Crippen LogP contribution in [0.1, 0.15) is 44.1 Å². The molecule has 1 aliphatic carbocycles. The zero-order valence-electron chi connectivity index (χ0n) is 12.8. The van der Waals surface area contributed by atoms with Crippen molar-refractivity contribution >= 4 is 10.0 Å². The van der Waals surface area contributed by atoms with E-state index in [4.69, 9.17) is 10.5 Å². The molecule has 3 rings (SSSR count). The SMILES string of the molecule is NC1(CNS(=O)(=O)c2ccc3c(c2)CCO3)CCCCCC1. The van der Waals surface area contributed by atoms with E-state index in [9.17, 15) is 8.42 Å². The lowest BCUT2D eigenvalue weighted by Crippen LogP contribution is -2.49. The largest absolute Gasteiger partial charge is 0.493 e. The lowest BCUT2D eigenvalue weighted by molar-refractivity contribution is 0.356. The highest BCUT2D eigenvalue weighted by Crippen LogP contribution is 2.28. The molecule has 1 saturated carbocycles. The molecule has 1 fully saturated rings. The van der Waals surface area contributed by atoms with Crippen LogP contribution in [0, 0.1) is 0 Å². The van der Waals surface area contributed by atoms with Gasteiger partial charge in [-0.2, -0.15) is 0 Å². The van der Waals surface area contributed by atoms with Crippen molar-refractivity contribution in [3.8, 4) is 5.75 Å². The normalized spacial score (nSPS) is 21.0. The topological polar surface area (TPSA) is 81.4 Å². The second-order valence-corrected chi connectivity index (χ2v) is 8.24. The van der Waals surface area contributed by atoms with Gasteiger partial charge in [0.15, 0.2) is 0 Å². The minimum Gasteiger partial charge on any atom is -0.493 e. The van der Waals surface area contributed by atoms with Crippen LogP contribution in [0.3, 0.4) is 0 Å². The van der Waals surface area contributed by atoms with Gasteiger partial charge in [0.05, 0.1) is 11.5 Å². The fourth-order valence-corrected chi connectivity index (χ4v) is 4.45. The van der Waals surface area contributed by atoms with E-state index in [1.165, 1.54) is 12.8 Å². The summed E-state index contributed by atoms with van der Waals surface area (Å²) in [7, 11) is -3.52. The van der Waals surface area contributed by atoms with E-state index in [2.05, 4.69) is 4.72 Å². The van der Waals surface area contributed by atoms with Crippen molar-refractivity contribution in [2.24, 2.45) is 5.73 Å². The predicted octanol–water partition coefficient (Wildman–Crippen LogP) is 1.95. The van der Waals surface area contributed by atoms with Gasteiger partial charge in [0.2, 0.25) is 10.0 Å². The standard InChI is InChI=1S/C16H24N2O3S/c17-16(8-3-1-2-4-9-16)12-18-22(19,20)14-5-6-15-13(11-14)7-10-21-15/h5-6,11,18H,1-4,7-10,12,17H2. The Bertz CT molecular complexity index is 635. The third kappa shape index (κ3) is 3.45. The van der Waals surface area contributed by atoms with E-state index in [0.717, 1.165) is 43.4 Å². The Morgan fingerprint density at radius 3 is 2.64 bits per heavy atom. The molecule has 6 heteroatoms. The van der Waals surface area contributed by atoms with Crippen LogP contribution in [0.25, 0.3) is 0 Å². The molecule has 0 aromatic heterocycles. The number of fused-ring (bicyclic) bond motifs is 1. The van der Waals surface area contributed by atoms with E-state index in [1.54, 1.807) is 18.2 Å². The van der Waals surface area contributed by atoms with E-state index < -0.39 is 15.6 Å². The van der Waals surface area contributed by atoms with Gasteiger partial charge >= 0.3 is 0 Å². The van der Waals surface area contributed by atoms with E-state index >= 15 is 0 Å². The lowest BCUT2D eigenvalue weighted by atomic mass is 9.92. The summed E-state index contributed by atoms with van der Waals surface area (Å²) in [4.78, 5) is 0.300. The van der Waals surface area contributed by atoms with Crippen LogP contribution < -0.4 is 15.2 Å². The molecule has 0 amide bonds. The molecule has 1 aromatic rings. The highest BCUT2D eigenvalue weighted by Gasteiger charge is 2.28. The first kappa shape index (κ1) is 15.8. The van der Waals surface area contributed by atoms with Gasteiger partial charge in [-0.15, -0.1) is 0 Å². The molecule has 5 nitrogen and oxygen atoms in total. The summed E-state index contributed by atoms with van der Waals surface area (Å²) < 4.78 is 33.1. The van der Waals surface area contributed by atoms with Gasteiger partial charge < -0.3 is 10.5 Å². The Hall–Kier alpha value is -1.11. The number of hydrogen-bond acceptors (Lipinski definition) is 4. The van der Waals surface area contributed by atoms with Crippen LogP contribution in [-0.4, -0.2) is 27.1 Å². The molecule has 0 atom stereocenters. The van der Waals surface area contributed by atoms with Gasteiger partial charge in [0, 0.05) is 18.5 Å². The van der Waals surface area contributed by atoms with Crippen molar-refractivity contribution in [2.75, 3.05) is 13.2 Å². The molecule has 22 heavy (non-hydrogen) atoms. The number of nitrogens with two attached hydrogens (primary N) is 1. The minimum atomic E-state index is -3.52. The van der Waals surface area contributed by atoms with Crippen LogP contribution in [-0.2, 0) is 16.4 Å². The maximum Gasteiger partial charge on any atom is 0.240 e. The van der Waals surface area contributed by atoms with E-state index in [1.807, 2.05) is 0 Å². The summed E-state index contributed by atoms with van der Waals surface area (Å²) in [5, 5.41) is 0. The number of sulfonamides is 1. The average molecular weight is 324 g/mol. The number of ether oxygens (including phenoxy) is 1. The molecule has 0 bridgehead atoms. The Labute approximate surface area is 132 Å². The second-order valence-electron chi connectivity index (χ2n) is 6.47. The monoisotopic (exact) mass is 324 g/mol. The lowest BCUT2D eigenvalue weighted by Gasteiger charge is -2.28. The first-order valence-electron chi connectivity index (χ1n) is 8.03. The van der Waals surface area contributed by atoms with Crippen molar-refractivity contribution in [1.82, 2.24) is 4.72 Å². The van der Waals surface area contributed by atoms with Crippen molar-refractivity contribution in [2.45, 2.75) is 55.4 Å². The number of nitrogens with one attached hydrogen (secondary N) is 1. The van der Waals surface area contributed by atoms with Gasteiger partial charge in [-0.25, -0.2) is 13.1 Å². The number of hydrogen-bond donors (Lipinski definition) is 2. The van der Waals surface area contributed by atoms with Crippen LogP contribution in [0.5, 0.6) is 5.75 Å². The molecule has 1 aromatic carbocycles. The van der Waals surface area contributed by atoms with E-state index in [-0.39, 0.29) is 0 Å². The molecule has 1 aliphatic heterocycles. The maximum absolute atomic E-state index is 12.5. The molecule has 3 N–H and O–H groups in total. The van der Waals surface area contributed by atoms with Crippen LogP contribution in [0.2, 0.25) is 0 Å². The van der Waals surface area contributed by atoms with Gasteiger partial charge in [0.25, 0.3) is 0 Å². The Morgan fingerprint density at radius 1 is 1.18 bits per heavy atom. The first-order chi connectivity index (χ1) is 10.5. The van der Waals surface area contributed by atoms with Crippen molar-refractivity contribution < 1.29 is 13.2 Å². The third-order valence-electron chi connectivity index (χ3n) is 4.68. The first-order valence-corrected chi connectivity index (χ1v) is 9.51. The van der Waals surface area contributed by atoms with Crippen molar-refractivity contribution in [1.29, 1.82) is 0 Å². The van der Waals surface area contributed by atoms with Crippen LogP contribution >= 0.6 is 0 Å². The smallest absolute Gasteiger partial charge is 0.240 e. The summed E-state index contributed by atoms with van der Waals surface area (Å²) in [6.07, 6.45) is 7.07. The van der Waals surface area contributed by atoms with Crippen LogP contribution in [0.15, 0.2) is 23.1 Å². The fraction of sp³-hybridized carbons (Fsp3) is 0.625. The molecule has 0 saturated heterocycles. The average Bonchev–Trinajstić information content (AvgIpc) is 2.86. The molecular weight excluding hydrogens is 300 g/mol. The quantitative estimate of drug-likeness (QED) is 0.830. The predicted molar refractivity (Wildman–Crippen MR) is 85.4 cm³/mol. The summed E-state index contributed by atoms with van der Waals surface area (Å²) in [6.45, 7) is 0.932. The summed E-state index contributed by atoms with van der Waals surface area (Å²) in [6, 6.07) is 5.05. The molecule has 2 aliphatic rings. The fourth-order valence-electron chi connectivity index (χ4n) is 3.26.